The molecule has 1 aliphatic rings. The minimum atomic E-state index is -0.182. The van der Waals surface area contributed by atoms with Gasteiger partial charge in [0.15, 0.2) is 0 Å². The SMILES string of the molecule is C#Cc1ccc2c(c1)OCC2N(C)C(=O)c1ccc2nc(N)c3c(cnn3C)c2c1. The summed E-state index contributed by atoms with van der Waals surface area (Å²) in [6.07, 6.45) is 7.22. The molecule has 0 fully saturated rings. The van der Waals surface area contributed by atoms with Gasteiger partial charge in [0.1, 0.15) is 23.7 Å². The fourth-order valence-corrected chi connectivity index (χ4v) is 4.05. The molecule has 7 nitrogen and oxygen atoms in total. The molecule has 3 heterocycles. The van der Waals surface area contributed by atoms with Crippen LogP contribution >= 0.6 is 0 Å². The van der Waals surface area contributed by atoms with E-state index in [-0.39, 0.29) is 11.9 Å². The van der Waals surface area contributed by atoms with Gasteiger partial charge in [0.25, 0.3) is 5.91 Å². The number of nitrogens with two attached hydrogens (primary N) is 1. The normalized spacial score (nSPS) is 15.0. The van der Waals surface area contributed by atoms with Crippen LogP contribution < -0.4 is 10.5 Å². The van der Waals surface area contributed by atoms with Gasteiger partial charge in [0, 0.05) is 41.6 Å². The Bertz CT molecular complexity index is 1380. The minimum absolute atomic E-state index is 0.103. The Morgan fingerprint density at radius 3 is 2.93 bits per heavy atom. The van der Waals surface area contributed by atoms with Crippen molar-refractivity contribution in [3.05, 3.63) is 59.3 Å². The highest BCUT2D eigenvalue weighted by Crippen LogP contribution is 2.37. The molecule has 1 unspecified atom stereocenters. The minimum Gasteiger partial charge on any atom is -0.491 e. The molecule has 2 N–H and O–H groups in total. The fraction of sp³-hybridized carbons (Fsp3) is 0.174. The number of amides is 1. The molecule has 0 spiro atoms. The molecule has 1 aliphatic heterocycles. The average Bonchev–Trinajstić information content (AvgIpc) is 3.36. The Hall–Kier alpha value is -4.05. The van der Waals surface area contributed by atoms with Crippen molar-refractivity contribution in [3.63, 3.8) is 0 Å². The molecule has 0 saturated heterocycles. The largest absolute Gasteiger partial charge is 0.491 e. The molecule has 148 valence electrons. The lowest BCUT2D eigenvalue weighted by molar-refractivity contribution is 0.0708. The third-order valence-electron chi connectivity index (χ3n) is 5.68. The van der Waals surface area contributed by atoms with E-state index in [1.807, 2.05) is 37.4 Å². The lowest BCUT2D eigenvalue weighted by Crippen LogP contribution is -2.32. The smallest absolute Gasteiger partial charge is 0.254 e. The Morgan fingerprint density at radius 1 is 1.30 bits per heavy atom. The van der Waals surface area contributed by atoms with Crippen molar-refractivity contribution in [1.82, 2.24) is 19.7 Å². The van der Waals surface area contributed by atoms with Crippen molar-refractivity contribution in [1.29, 1.82) is 0 Å². The molecule has 7 heteroatoms. The maximum Gasteiger partial charge on any atom is 0.254 e. The molecule has 4 aromatic rings. The van der Waals surface area contributed by atoms with Crippen LogP contribution in [0.15, 0.2) is 42.6 Å². The second-order valence-corrected chi connectivity index (χ2v) is 7.40. The van der Waals surface area contributed by atoms with Gasteiger partial charge in [-0.3, -0.25) is 9.48 Å². The van der Waals surface area contributed by atoms with E-state index in [1.54, 1.807) is 28.9 Å². The fourth-order valence-electron chi connectivity index (χ4n) is 4.05. The van der Waals surface area contributed by atoms with Gasteiger partial charge in [-0.25, -0.2) is 4.98 Å². The number of ether oxygens (including phenoxy) is 1. The van der Waals surface area contributed by atoms with E-state index in [0.29, 0.717) is 18.0 Å². The Balaban J connectivity index is 1.53. The molecule has 30 heavy (non-hydrogen) atoms. The Kier molecular flexibility index (Phi) is 3.90. The van der Waals surface area contributed by atoms with Gasteiger partial charge < -0.3 is 15.4 Å². The van der Waals surface area contributed by atoms with E-state index in [0.717, 1.165) is 38.7 Å². The number of rotatable bonds is 2. The molecular weight excluding hydrogens is 378 g/mol. The second-order valence-electron chi connectivity index (χ2n) is 7.40. The van der Waals surface area contributed by atoms with Crippen LogP contribution in [0.4, 0.5) is 5.82 Å². The predicted octanol–water partition coefficient (Wildman–Crippen LogP) is 2.89. The Morgan fingerprint density at radius 2 is 2.13 bits per heavy atom. The van der Waals surface area contributed by atoms with E-state index in [9.17, 15) is 4.79 Å². The van der Waals surface area contributed by atoms with Crippen LogP contribution in [-0.2, 0) is 7.05 Å². The number of fused-ring (bicyclic) bond motifs is 4. The van der Waals surface area contributed by atoms with E-state index >= 15 is 0 Å². The maximum atomic E-state index is 13.3. The van der Waals surface area contributed by atoms with E-state index in [2.05, 4.69) is 16.0 Å². The number of terminal acetylenes is 1. The molecule has 1 amide bonds. The van der Waals surface area contributed by atoms with E-state index in [1.165, 1.54) is 0 Å². The number of nitrogens with zero attached hydrogens (tertiary/aromatic N) is 4. The standard InChI is InChI=1S/C23H19N5O2/c1-4-13-5-7-15-19(12-30-20(15)9-13)27(2)23(29)14-6-8-18-16(10-14)17-11-25-28(3)21(17)22(24)26-18/h1,5-11,19H,12H2,2-3H3,(H2,24,26). The first kappa shape index (κ1) is 18.0. The van der Waals surface area contributed by atoms with Gasteiger partial charge in [-0.1, -0.05) is 12.0 Å². The van der Waals surface area contributed by atoms with Gasteiger partial charge in [0.2, 0.25) is 0 Å². The highest BCUT2D eigenvalue weighted by molar-refractivity contribution is 6.10. The van der Waals surface area contributed by atoms with Crippen molar-refractivity contribution in [2.24, 2.45) is 7.05 Å². The number of pyridine rings is 1. The van der Waals surface area contributed by atoms with Crippen LogP contribution in [-0.4, -0.2) is 39.2 Å². The molecule has 2 aromatic heterocycles. The zero-order valence-electron chi connectivity index (χ0n) is 16.6. The first-order valence-corrected chi connectivity index (χ1v) is 9.49. The van der Waals surface area contributed by atoms with Crippen LogP contribution in [0.25, 0.3) is 21.8 Å². The highest BCUT2D eigenvalue weighted by Gasteiger charge is 2.31. The number of likely N-dealkylation sites (N-methyl/N-ethyl adjacent to an activating group) is 1. The molecular formula is C23H19N5O2. The molecule has 0 saturated carbocycles. The van der Waals surface area contributed by atoms with Gasteiger partial charge >= 0.3 is 0 Å². The summed E-state index contributed by atoms with van der Waals surface area (Å²) in [7, 11) is 3.60. The van der Waals surface area contributed by atoms with Crippen molar-refractivity contribution in [2.75, 3.05) is 19.4 Å². The van der Waals surface area contributed by atoms with Gasteiger partial charge in [0.05, 0.1) is 17.8 Å². The van der Waals surface area contributed by atoms with Crippen LogP contribution in [0.3, 0.4) is 0 Å². The quantitative estimate of drug-likeness (QED) is 0.526. The summed E-state index contributed by atoms with van der Waals surface area (Å²) in [6, 6.07) is 10.9. The van der Waals surface area contributed by atoms with Gasteiger partial charge in [-0.2, -0.15) is 5.10 Å². The molecule has 1 atom stereocenters. The van der Waals surface area contributed by atoms with Crippen molar-refractivity contribution < 1.29 is 9.53 Å². The zero-order valence-corrected chi connectivity index (χ0v) is 16.6. The number of carbonyl (C=O) groups is 1. The predicted molar refractivity (Wildman–Crippen MR) is 115 cm³/mol. The summed E-state index contributed by atoms with van der Waals surface area (Å²) >= 11 is 0. The van der Waals surface area contributed by atoms with Crippen LogP contribution in [0.5, 0.6) is 5.75 Å². The highest BCUT2D eigenvalue weighted by atomic mass is 16.5. The van der Waals surface area contributed by atoms with E-state index < -0.39 is 0 Å². The lowest BCUT2D eigenvalue weighted by atomic mass is 10.0. The molecule has 0 aliphatic carbocycles. The molecule has 0 radical (unpaired) electrons. The van der Waals surface area contributed by atoms with E-state index in [4.69, 9.17) is 16.9 Å². The third-order valence-corrected chi connectivity index (χ3v) is 5.68. The van der Waals surface area contributed by atoms with Crippen molar-refractivity contribution in [2.45, 2.75) is 6.04 Å². The first-order chi connectivity index (χ1) is 14.5. The topological polar surface area (TPSA) is 86.3 Å². The molecule has 5 rings (SSSR count). The summed E-state index contributed by atoms with van der Waals surface area (Å²) in [5.41, 5.74) is 9.84. The second kappa shape index (κ2) is 6.49. The monoisotopic (exact) mass is 397 g/mol. The third kappa shape index (κ3) is 2.58. The summed E-state index contributed by atoms with van der Waals surface area (Å²) in [6.45, 7) is 0.393. The maximum absolute atomic E-state index is 13.3. The number of benzene rings is 2. The van der Waals surface area contributed by atoms with Crippen molar-refractivity contribution in [3.8, 4) is 18.1 Å². The Labute approximate surface area is 173 Å². The number of hydrogen-bond donors (Lipinski definition) is 1. The number of aromatic nitrogens is 3. The van der Waals surface area contributed by atoms with Crippen LogP contribution in [0.2, 0.25) is 0 Å². The summed E-state index contributed by atoms with van der Waals surface area (Å²) in [5.74, 6) is 3.64. The average molecular weight is 397 g/mol. The summed E-state index contributed by atoms with van der Waals surface area (Å²) in [5, 5.41) is 6.00. The number of carbonyl (C=O) groups excluding carboxylic acids is 1. The van der Waals surface area contributed by atoms with Crippen molar-refractivity contribution >= 4 is 33.5 Å². The number of nitrogen functional groups attached to an aromatic ring is 1. The number of hydrogen-bond acceptors (Lipinski definition) is 5. The van der Waals surface area contributed by atoms with Crippen LogP contribution in [0, 0.1) is 12.3 Å². The zero-order chi connectivity index (χ0) is 21.0. The first-order valence-electron chi connectivity index (χ1n) is 9.49. The lowest BCUT2D eigenvalue weighted by Gasteiger charge is -2.24. The number of aryl methyl sites for hydroxylation is 1. The molecule has 2 aromatic carbocycles. The summed E-state index contributed by atoms with van der Waals surface area (Å²) < 4.78 is 7.47. The van der Waals surface area contributed by atoms with Gasteiger partial charge in [-0.05, 0) is 30.3 Å². The summed E-state index contributed by atoms with van der Waals surface area (Å²) in [4.78, 5) is 19.5. The van der Waals surface area contributed by atoms with Crippen LogP contribution in [0.1, 0.15) is 27.5 Å². The number of anilines is 1. The molecule has 0 bridgehead atoms. The van der Waals surface area contributed by atoms with Gasteiger partial charge in [-0.15, -0.1) is 6.42 Å².